The molecule has 8 aliphatic carbocycles. The highest BCUT2D eigenvalue weighted by molar-refractivity contribution is 5.62. The lowest BCUT2D eigenvalue weighted by molar-refractivity contribution is -0.0789. The van der Waals surface area contributed by atoms with Gasteiger partial charge >= 0.3 is 12.3 Å². The summed E-state index contributed by atoms with van der Waals surface area (Å²) in [6, 6.07) is 0. The second kappa shape index (κ2) is 19.0. The summed E-state index contributed by atoms with van der Waals surface area (Å²) in [6.45, 7) is 24.5. The van der Waals surface area contributed by atoms with E-state index in [0.717, 1.165) is 110 Å². The van der Waals surface area contributed by atoms with Crippen LogP contribution in [-0.2, 0) is 18.9 Å². The molecule has 0 aromatic rings. The van der Waals surface area contributed by atoms with Gasteiger partial charge in [-0.2, -0.15) is 0 Å². The summed E-state index contributed by atoms with van der Waals surface area (Å²) in [4.78, 5) is 25.8. The Morgan fingerprint density at radius 3 is 1.35 bits per heavy atom. The summed E-state index contributed by atoms with van der Waals surface area (Å²) < 4.78 is 22.4. The first kappa shape index (κ1) is 47.5. The van der Waals surface area contributed by atoms with Crippen LogP contribution < -0.4 is 0 Å². The molecule has 0 N–H and O–H groups in total. The van der Waals surface area contributed by atoms with Crippen molar-refractivity contribution in [2.24, 2.45) is 92.7 Å². The SMILES string of the molecule is CC(C)CCCC(C)C1CCC2C3CC=C4CC(OC(=O)OCOC(=O)OC5CCC6(C)C(=CCC7C6CCC6(C)C(C(C)CCCC(C)C)CCC76)C5)CCC4(C)C3CCC12C. The summed E-state index contributed by atoms with van der Waals surface area (Å²) in [7, 11) is 0. The van der Waals surface area contributed by atoms with Crippen molar-refractivity contribution in [3.8, 4) is 0 Å². The molecule has 0 heterocycles. The van der Waals surface area contributed by atoms with E-state index >= 15 is 0 Å². The average molecular weight is 873 g/mol. The topological polar surface area (TPSA) is 71.1 Å². The Labute approximate surface area is 385 Å². The first-order chi connectivity index (χ1) is 30.0. The maximum Gasteiger partial charge on any atom is 0.511 e. The molecular weight excluding hydrogens is 781 g/mol. The first-order valence-corrected chi connectivity index (χ1v) is 27.0. The summed E-state index contributed by atoms with van der Waals surface area (Å²) in [6.07, 6.45) is 30.2. The van der Waals surface area contributed by atoms with E-state index in [-0.39, 0.29) is 23.0 Å². The van der Waals surface area contributed by atoms with Gasteiger partial charge in [-0.3, -0.25) is 0 Å². The number of fused-ring (bicyclic) bond motifs is 10. The fourth-order valence-electron chi connectivity index (χ4n) is 18.0. The van der Waals surface area contributed by atoms with Crippen molar-refractivity contribution in [1.29, 1.82) is 0 Å². The highest BCUT2D eigenvalue weighted by atomic mass is 16.8. The molecule has 0 radical (unpaired) electrons. The quantitative estimate of drug-likeness (QED) is 0.0984. The molecule has 356 valence electrons. The lowest BCUT2D eigenvalue weighted by atomic mass is 9.47. The van der Waals surface area contributed by atoms with Gasteiger partial charge in [-0.25, -0.2) is 9.59 Å². The molecule has 0 aliphatic heterocycles. The average Bonchev–Trinajstić information content (AvgIpc) is 3.77. The van der Waals surface area contributed by atoms with Crippen molar-refractivity contribution in [3.05, 3.63) is 23.3 Å². The Hall–Kier alpha value is -1.98. The lowest BCUT2D eigenvalue weighted by Crippen LogP contribution is -2.51. The Morgan fingerprint density at radius 2 is 0.952 bits per heavy atom. The third-order valence-electron chi connectivity index (χ3n) is 21.4. The molecule has 0 bridgehead atoms. The summed E-state index contributed by atoms with van der Waals surface area (Å²) in [5.41, 5.74) is 4.33. The van der Waals surface area contributed by atoms with E-state index in [1.807, 2.05) is 0 Å². The summed E-state index contributed by atoms with van der Waals surface area (Å²) in [5.74, 6) is 9.68. The Balaban J connectivity index is 0.767. The van der Waals surface area contributed by atoms with Crippen molar-refractivity contribution < 1.29 is 28.5 Å². The van der Waals surface area contributed by atoms with Crippen LogP contribution in [0.5, 0.6) is 0 Å². The van der Waals surface area contributed by atoms with Gasteiger partial charge in [-0.05, 0) is 183 Å². The predicted molar refractivity (Wildman–Crippen MR) is 254 cm³/mol. The highest BCUT2D eigenvalue weighted by Gasteiger charge is 2.61. The van der Waals surface area contributed by atoms with Crippen LogP contribution in [0.15, 0.2) is 23.3 Å². The van der Waals surface area contributed by atoms with Crippen LogP contribution in [0.4, 0.5) is 9.59 Å². The molecule has 63 heavy (non-hydrogen) atoms. The van der Waals surface area contributed by atoms with Crippen molar-refractivity contribution in [2.45, 2.75) is 223 Å². The molecule has 0 saturated heterocycles. The molecule has 16 atom stereocenters. The van der Waals surface area contributed by atoms with Gasteiger partial charge < -0.3 is 18.9 Å². The van der Waals surface area contributed by atoms with Crippen molar-refractivity contribution in [1.82, 2.24) is 0 Å². The van der Waals surface area contributed by atoms with Crippen molar-refractivity contribution >= 4 is 12.3 Å². The Kier molecular flexibility index (Phi) is 14.3. The van der Waals surface area contributed by atoms with Crippen LogP contribution in [-0.4, -0.2) is 31.3 Å². The summed E-state index contributed by atoms with van der Waals surface area (Å²) >= 11 is 0. The summed E-state index contributed by atoms with van der Waals surface area (Å²) in [5, 5.41) is 0. The lowest BCUT2D eigenvalue weighted by Gasteiger charge is -2.58. The molecule has 0 spiro atoms. The molecule has 8 aliphatic rings. The van der Waals surface area contributed by atoms with Crippen molar-refractivity contribution in [3.63, 3.8) is 0 Å². The fraction of sp³-hybridized carbons (Fsp3) is 0.895. The molecule has 0 aromatic carbocycles. The smallest absolute Gasteiger partial charge is 0.431 e. The molecule has 6 fully saturated rings. The van der Waals surface area contributed by atoms with Gasteiger partial charge in [0.1, 0.15) is 12.2 Å². The molecular formula is C57H92O6. The van der Waals surface area contributed by atoms with Gasteiger partial charge in [0.25, 0.3) is 0 Å². The van der Waals surface area contributed by atoms with Crippen LogP contribution in [0.3, 0.4) is 0 Å². The van der Waals surface area contributed by atoms with E-state index in [1.165, 1.54) is 114 Å². The number of rotatable bonds is 14. The van der Waals surface area contributed by atoms with E-state index in [0.29, 0.717) is 10.8 Å². The Morgan fingerprint density at radius 1 is 0.540 bits per heavy atom. The van der Waals surface area contributed by atoms with Crippen LogP contribution >= 0.6 is 0 Å². The largest absolute Gasteiger partial charge is 0.511 e. The highest BCUT2D eigenvalue weighted by Crippen LogP contribution is 2.69. The Bertz CT molecular complexity index is 1560. The molecule has 6 saturated carbocycles. The van der Waals surface area contributed by atoms with Crippen LogP contribution in [0.25, 0.3) is 0 Å². The third-order valence-corrected chi connectivity index (χ3v) is 21.4. The van der Waals surface area contributed by atoms with Gasteiger partial charge in [0.2, 0.25) is 6.79 Å². The number of carbonyl (C=O) groups is 2. The van der Waals surface area contributed by atoms with Crippen molar-refractivity contribution in [2.75, 3.05) is 6.79 Å². The maximum atomic E-state index is 12.9. The van der Waals surface area contributed by atoms with E-state index < -0.39 is 19.1 Å². The van der Waals surface area contributed by atoms with Gasteiger partial charge in [-0.1, -0.05) is 131 Å². The third kappa shape index (κ3) is 9.22. The van der Waals surface area contributed by atoms with Gasteiger partial charge in [0.15, 0.2) is 0 Å². The maximum absolute atomic E-state index is 12.9. The number of ether oxygens (including phenoxy) is 4. The van der Waals surface area contributed by atoms with E-state index in [4.69, 9.17) is 18.9 Å². The number of carbonyl (C=O) groups excluding carboxylic acids is 2. The molecule has 16 unspecified atom stereocenters. The minimum Gasteiger partial charge on any atom is -0.431 e. The van der Waals surface area contributed by atoms with Crippen LogP contribution in [0, 0.1) is 92.7 Å². The van der Waals surface area contributed by atoms with Crippen LogP contribution in [0.2, 0.25) is 0 Å². The normalized spacial score (nSPS) is 42.6. The zero-order chi connectivity index (χ0) is 44.9. The molecule has 0 amide bonds. The van der Waals surface area contributed by atoms with Gasteiger partial charge in [-0.15, -0.1) is 0 Å². The van der Waals surface area contributed by atoms with E-state index in [2.05, 4.69) is 81.4 Å². The second-order valence-corrected chi connectivity index (χ2v) is 25.5. The minimum atomic E-state index is -0.758. The second-order valence-electron chi connectivity index (χ2n) is 25.5. The molecule has 8 rings (SSSR count). The molecule has 0 aromatic heterocycles. The number of hydrogen-bond donors (Lipinski definition) is 0. The number of allylic oxidation sites excluding steroid dienone is 2. The van der Waals surface area contributed by atoms with Gasteiger partial charge in [0.05, 0.1) is 0 Å². The monoisotopic (exact) mass is 873 g/mol. The van der Waals surface area contributed by atoms with E-state index in [9.17, 15) is 9.59 Å². The zero-order valence-electron chi connectivity index (χ0n) is 42.0. The molecule has 6 heteroatoms. The number of hydrogen-bond acceptors (Lipinski definition) is 6. The van der Waals surface area contributed by atoms with E-state index in [1.54, 1.807) is 0 Å². The minimum absolute atomic E-state index is 0.191. The first-order valence-electron chi connectivity index (χ1n) is 27.0. The predicted octanol–water partition coefficient (Wildman–Crippen LogP) is 16.1. The standard InChI is InChI=1S/C57H92O6/c1-36(2)13-11-15-38(5)46-21-23-48-44-19-17-40-33-42(25-29-54(40,7)50(44)27-31-56(46,48)9)62-52(58)60-35-61-53(59)63-43-26-30-55(8)41(34-43)18-20-45-49-24-22-47(39(6)16-12-14-37(3)4)57(49,10)32-28-51(45)55/h17-18,36-39,42-51H,11-16,19-35H2,1-10H3. The van der Waals surface area contributed by atoms with Gasteiger partial charge in [0, 0.05) is 12.8 Å². The zero-order valence-corrected chi connectivity index (χ0v) is 42.0. The fourth-order valence-corrected chi connectivity index (χ4v) is 18.0. The molecule has 6 nitrogen and oxygen atoms in total. The van der Waals surface area contributed by atoms with Crippen LogP contribution in [0.1, 0.15) is 210 Å².